The fraction of sp³-hybridized carbons (Fsp3) is 0.625. The minimum absolute atomic E-state index is 0.158. The van der Waals surface area contributed by atoms with Crippen LogP contribution < -0.4 is 4.74 Å². The summed E-state index contributed by atoms with van der Waals surface area (Å²) in [4.78, 5) is 8.89. The number of hydrogen-bond acceptors (Lipinski definition) is 7. The molecule has 0 amide bonds. The van der Waals surface area contributed by atoms with Crippen molar-refractivity contribution in [1.29, 1.82) is 0 Å². The number of ether oxygens (including phenoxy) is 1. The van der Waals surface area contributed by atoms with Crippen molar-refractivity contribution in [1.82, 2.24) is 9.97 Å². The minimum Gasteiger partial charge on any atom is -0.464 e. The quantitative estimate of drug-likeness (QED) is 0.384. The van der Waals surface area contributed by atoms with Gasteiger partial charge in [0.2, 0.25) is 5.88 Å². The SMILES string of the molecule is C#CCOc1cc(CSP(=O)(OCC)SCCC)nc(C(C)C)n1. The van der Waals surface area contributed by atoms with E-state index in [1.54, 1.807) is 6.07 Å². The Labute approximate surface area is 153 Å². The highest BCUT2D eigenvalue weighted by Gasteiger charge is 2.24. The van der Waals surface area contributed by atoms with Crippen molar-refractivity contribution in [3.8, 4) is 18.2 Å². The van der Waals surface area contributed by atoms with Crippen LogP contribution in [0.3, 0.4) is 0 Å². The van der Waals surface area contributed by atoms with Gasteiger partial charge in [-0.15, -0.1) is 6.42 Å². The summed E-state index contributed by atoms with van der Waals surface area (Å²) in [5.41, 5.74) is 0.766. The first-order valence-corrected chi connectivity index (χ1v) is 12.7. The van der Waals surface area contributed by atoms with Crippen LogP contribution in [0.2, 0.25) is 0 Å². The van der Waals surface area contributed by atoms with E-state index in [9.17, 15) is 4.57 Å². The first kappa shape index (κ1) is 21.4. The van der Waals surface area contributed by atoms with Crippen LogP contribution >= 0.6 is 28.5 Å². The van der Waals surface area contributed by atoms with Gasteiger partial charge in [-0.25, -0.2) is 4.98 Å². The molecule has 0 spiro atoms. The monoisotopic (exact) mass is 388 g/mol. The molecule has 5 nitrogen and oxygen atoms in total. The van der Waals surface area contributed by atoms with Gasteiger partial charge in [0.05, 0.1) is 12.3 Å². The second-order valence-corrected chi connectivity index (χ2v) is 12.7. The zero-order valence-electron chi connectivity index (χ0n) is 14.7. The molecule has 0 bridgehead atoms. The molecule has 0 radical (unpaired) electrons. The van der Waals surface area contributed by atoms with Gasteiger partial charge in [0.25, 0.3) is 0 Å². The summed E-state index contributed by atoms with van der Waals surface area (Å²) in [7, 11) is 0. The fourth-order valence-corrected chi connectivity index (χ4v) is 8.23. The Bertz CT molecular complexity index is 605. The molecule has 0 N–H and O–H groups in total. The molecule has 1 aromatic heterocycles. The van der Waals surface area contributed by atoms with Gasteiger partial charge in [-0.3, -0.25) is 4.57 Å². The molecule has 134 valence electrons. The summed E-state index contributed by atoms with van der Waals surface area (Å²) in [5.74, 6) is 2.23. The highest BCUT2D eigenvalue weighted by atomic mass is 33.1. The molecule has 0 aliphatic carbocycles. The molecule has 1 rings (SSSR count). The van der Waals surface area contributed by atoms with Crippen LogP contribution in [0, 0.1) is 12.3 Å². The van der Waals surface area contributed by atoms with E-state index in [-0.39, 0.29) is 12.5 Å². The first-order valence-electron chi connectivity index (χ1n) is 7.91. The third-order valence-corrected chi connectivity index (χ3v) is 10.3. The first-order chi connectivity index (χ1) is 11.4. The molecule has 24 heavy (non-hydrogen) atoms. The Kier molecular flexibility index (Phi) is 9.84. The molecule has 0 aromatic carbocycles. The van der Waals surface area contributed by atoms with E-state index in [4.69, 9.17) is 15.7 Å². The van der Waals surface area contributed by atoms with E-state index in [1.165, 1.54) is 22.8 Å². The molecular weight excluding hydrogens is 363 g/mol. The average Bonchev–Trinajstić information content (AvgIpc) is 2.56. The molecule has 0 saturated heterocycles. The highest BCUT2D eigenvalue weighted by Crippen LogP contribution is 2.70. The smallest absolute Gasteiger partial charge is 0.313 e. The Hall–Kier alpha value is -0.670. The number of aromatic nitrogens is 2. The molecule has 0 saturated carbocycles. The van der Waals surface area contributed by atoms with Crippen LogP contribution in [-0.4, -0.2) is 28.9 Å². The van der Waals surface area contributed by atoms with Gasteiger partial charge in [-0.05, 0) is 13.3 Å². The summed E-state index contributed by atoms with van der Waals surface area (Å²) in [5, 5.41) is 0. The predicted molar refractivity (Wildman–Crippen MR) is 104 cm³/mol. The third kappa shape index (κ3) is 7.48. The van der Waals surface area contributed by atoms with E-state index in [0.717, 1.165) is 17.9 Å². The molecule has 0 fully saturated rings. The topological polar surface area (TPSA) is 61.3 Å². The lowest BCUT2D eigenvalue weighted by atomic mass is 10.2. The van der Waals surface area contributed by atoms with E-state index in [2.05, 4.69) is 22.8 Å². The Morgan fingerprint density at radius 3 is 2.67 bits per heavy atom. The summed E-state index contributed by atoms with van der Waals surface area (Å²) in [6.45, 7) is 8.53. The zero-order chi connectivity index (χ0) is 18.0. The van der Waals surface area contributed by atoms with Gasteiger partial charge in [0, 0.05) is 23.5 Å². The van der Waals surface area contributed by atoms with Crippen molar-refractivity contribution in [2.45, 2.75) is 45.8 Å². The largest absolute Gasteiger partial charge is 0.464 e. The van der Waals surface area contributed by atoms with Crippen molar-refractivity contribution < 1.29 is 13.8 Å². The second kappa shape index (κ2) is 11.0. The Morgan fingerprint density at radius 1 is 1.33 bits per heavy atom. The number of terminal acetylenes is 1. The minimum atomic E-state index is -2.78. The molecule has 0 aliphatic rings. The lowest BCUT2D eigenvalue weighted by molar-refractivity contribution is 0.351. The summed E-state index contributed by atoms with van der Waals surface area (Å²) < 4.78 is 23.8. The standard InChI is InChI=1S/C16H25N2O3PS2/c1-6-9-20-15-11-14(17-16(18-15)13(4)5)12-24-22(19,21-8-3)23-10-7-2/h1,11,13H,7-10,12H2,2-5H3. The van der Waals surface area contributed by atoms with Gasteiger partial charge < -0.3 is 9.26 Å². The third-order valence-electron chi connectivity index (χ3n) is 2.70. The maximum absolute atomic E-state index is 12.8. The van der Waals surface area contributed by atoms with Gasteiger partial charge >= 0.3 is 5.77 Å². The summed E-state index contributed by atoms with van der Waals surface area (Å²) >= 11 is 2.70. The van der Waals surface area contributed by atoms with E-state index in [1.807, 2.05) is 20.8 Å². The summed E-state index contributed by atoms with van der Waals surface area (Å²) in [6.07, 6.45) is 6.18. The summed E-state index contributed by atoms with van der Waals surface area (Å²) in [6, 6.07) is 1.75. The number of hydrogen-bond donors (Lipinski definition) is 0. The molecular formula is C16H25N2O3PS2. The molecule has 1 aromatic rings. The van der Waals surface area contributed by atoms with Gasteiger partial charge in [-0.2, -0.15) is 4.98 Å². The lowest BCUT2D eigenvalue weighted by Crippen LogP contribution is -2.05. The molecule has 1 atom stereocenters. The molecule has 0 aliphatic heterocycles. The zero-order valence-corrected chi connectivity index (χ0v) is 17.2. The number of nitrogens with zero attached hydrogens (tertiary/aromatic N) is 2. The van der Waals surface area contributed by atoms with Gasteiger partial charge in [0.15, 0.2) is 6.61 Å². The van der Waals surface area contributed by atoms with Crippen LogP contribution in [0.25, 0.3) is 0 Å². The van der Waals surface area contributed by atoms with Crippen molar-refractivity contribution >= 4 is 28.5 Å². The average molecular weight is 388 g/mol. The molecule has 1 heterocycles. The molecule has 8 heteroatoms. The maximum atomic E-state index is 12.8. The van der Waals surface area contributed by atoms with Gasteiger partial charge in [-0.1, -0.05) is 49.5 Å². The number of rotatable bonds is 11. The van der Waals surface area contributed by atoms with Crippen LogP contribution in [0.5, 0.6) is 5.88 Å². The van der Waals surface area contributed by atoms with Crippen LogP contribution in [0.15, 0.2) is 6.07 Å². The van der Waals surface area contributed by atoms with E-state index >= 15 is 0 Å². The fourth-order valence-electron chi connectivity index (χ4n) is 1.63. The Morgan fingerprint density at radius 2 is 2.08 bits per heavy atom. The van der Waals surface area contributed by atoms with E-state index < -0.39 is 5.77 Å². The maximum Gasteiger partial charge on any atom is 0.313 e. The highest BCUT2D eigenvalue weighted by molar-refractivity contribution is 8.89. The van der Waals surface area contributed by atoms with Crippen LogP contribution in [0.1, 0.15) is 51.6 Å². The molecule has 1 unspecified atom stereocenters. The van der Waals surface area contributed by atoms with Crippen molar-refractivity contribution in [3.63, 3.8) is 0 Å². The van der Waals surface area contributed by atoms with Crippen molar-refractivity contribution in [3.05, 3.63) is 17.6 Å². The van der Waals surface area contributed by atoms with Crippen molar-refractivity contribution in [2.75, 3.05) is 19.0 Å². The normalized spacial score (nSPS) is 13.5. The van der Waals surface area contributed by atoms with E-state index in [0.29, 0.717) is 24.1 Å². The second-order valence-electron chi connectivity index (χ2n) is 5.17. The predicted octanol–water partition coefficient (Wildman–Crippen LogP) is 5.13. The lowest BCUT2D eigenvalue weighted by Gasteiger charge is -2.16. The van der Waals surface area contributed by atoms with Gasteiger partial charge in [0.1, 0.15) is 5.82 Å². The van der Waals surface area contributed by atoms with Crippen LogP contribution in [0.4, 0.5) is 0 Å². The van der Waals surface area contributed by atoms with Crippen LogP contribution in [-0.2, 0) is 14.8 Å². The Balaban J connectivity index is 2.89. The van der Waals surface area contributed by atoms with Crippen molar-refractivity contribution in [2.24, 2.45) is 0 Å².